The first-order valence-corrected chi connectivity index (χ1v) is 8.34. The highest BCUT2D eigenvalue weighted by Crippen LogP contribution is 2.30. The molecule has 0 aromatic heterocycles. The molecule has 2 rings (SSSR count). The summed E-state index contributed by atoms with van der Waals surface area (Å²) in [5, 5.41) is 13.8. The molecule has 0 bridgehead atoms. The maximum atomic E-state index is 9.51. The molecule has 0 aliphatic heterocycles. The molecule has 1 aliphatic carbocycles. The highest BCUT2D eigenvalue weighted by molar-refractivity contribution is 9.10. The average Bonchev–Trinajstić information content (AvgIpc) is 2.46. The number of aliphatic hydroxyl groups excluding tert-OH is 1. The third-order valence-corrected chi connectivity index (χ3v) is 5.05. The fourth-order valence-corrected chi connectivity index (χ4v) is 3.93. The number of hydrogen-bond donors (Lipinski definition) is 3. The predicted molar refractivity (Wildman–Crippen MR) is 86.9 cm³/mol. The Labute approximate surface area is 134 Å². The van der Waals surface area contributed by atoms with Gasteiger partial charge in [0.1, 0.15) is 0 Å². The molecular weight excluding hydrogens is 340 g/mol. The van der Waals surface area contributed by atoms with Crippen molar-refractivity contribution in [1.82, 2.24) is 5.32 Å². The van der Waals surface area contributed by atoms with Crippen molar-refractivity contribution in [1.29, 1.82) is 0 Å². The molecule has 0 radical (unpaired) electrons. The van der Waals surface area contributed by atoms with Crippen LogP contribution in [0.2, 0.25) is 5.02 Å². The third kappa shape index (κ3) is 3.95. The van der Waals surface area contributed by atoms with Gasteiger partial charge in [-0.05, 0) is 36.5 Å². The molecule has 5 heteroatoms. The lowest BCUT2D eigenvalue weighted by Gasteiger charge is -2.34. The van der Waals surface area contributed by atoms with Gasteiger partial charge in [-0.15, -0.1) is 0 Å². The smallest absolute Gasteiger partial charge is 0.0474 e. The lowest BCUT2D eigenvalue weighted by atomic mass is 9.84. The predicted octanol–water partition coefficient (Wildman–Crippen LogP) is 3.24. The van der Waals surface area contributed by atoms with Crippen molar-refractivity contribution in [2.45, 2.75) is 37.8 Å². The summed E-state index contributed by atoms with van der Waals surface area (Å²) >= 11 is 9.54. The molecule has 1 aromatic rings. The lowest BCUT2D eigenvalue weighted by Crippen LogP contribution is -2.44. The van der Waals surface area contributed by atoms with Gasteiger partial charge in [-0.3, -0.25) is 0 Å². The second-order valence-electron chi connectivity index (χ2n) is 5.45. The highest BCUT2D eigenvalue weighted by Gasteiger charge is 2.27. The van der Waals surface area contributed by atoms with Crippen molar-refractivity contribution in [2.24, 2.45) is 11.7 Å². The number of hydrogen-bond acceptors (Lipinski definition) is 3. The van der Waals surface area contributed by atoms with E-state index in [-0.39, 0.29) is 12.6 Å². The zero-order chi connectivity index (χ0) is 14.5. The van der Waals surface area contributed by atoms with Crippen LogP contribution in [-0.2, 0) is 0 Å². The summed E-state index contributed by atoms with van der Waals surface area (Å²) in [5.74, 6) is 0.337. The highest BCUT2D eigenvalue weighted by atomic mass is 79.9. The van der Waals surface area contributed by atoms with Crippen molar-refractivity contribution < 1.29 is 5.11 Å². The van der Waals surface area contributed by atoms with E-state index < -0.39 is 0 Å². The molecule has 0 saturated heterocycles. The van der Waals surface area contributed by atoms with E-state index in [0.29, 0.717) is 23.5 Å². The summed E-state index contributed by atoms with van der Waals surface area (Å²) in [6.07, 6.45) is 4.62. The molecular formula is C15H22BrClN2O. The van der Waals surface area contributed by atoms with Gasteiger partial charge in [0.15, 0.2) is 0 Å². The molecule has 112 valence electrons. The van der Waals surface area contributed by atoms with Crippen molar-refractivity contribution >= 4 is 27.5 Å². The molecule has 3 nitrogen and oxygen atoms in total. The zero-order valence-corrected chi connectivity index (χ0v) is 13.8. The van der Waals surface area contributed by atoms with Crippen molar-refractivity contribution in [2.75, 3.05) is 13.2 Å². The van der Waals surface area contributed by atoms with Gasteiger partial charge in [0.2, 0.25) is 0 Å². The molecule has 3 atom stereocenters. The fraction of sp³-hybridized carbons (Fsp3) is 0.600. The maximum absolute atomic E-state index is 9.51. The van der Waals surface area contributed by atoms with Crippen LogP contribution >= 0.6 is 27.5 Å². The number of aliphatic hydroxyl groups is 1. The van der Waals surface area contributed by atoms with Crippen LogP contribution in [0.1, 0.15) is 37.3 Å². The molecule has 20 heavy (non-hydrogen) atoms. The topological polar surface area (TPSA) is 58.3 Å². The Hall–Kier alpha value is -0.130. The first-order valence-electron chi connectivity index (χ1n) is 7.17. The van der Waals surface area contributed by atoms with Crippen LogP contribution in [0.25, 0.3) is 0 Å². The number of nitrogens with one attached hydrogen (secondary N) is 1. The third-order valence-electron chi connectivity index (χ3n) is 4.13. The minimum Gasteiger partial charge on any atom is -0.396 e. The van der Waals surface area contributed by atoms with E-state index in [1.54, 1.807) is 0 Å². The van der Waals surface area contributed by atoms with E-state index in [1.807, 2.05) is 18.2 Å². The first kappa shape index (κ1) is 16.2. The molecule has 4 N–H and O–H groups in total. The number of rotatable bonds is 5. The summed E-state index contributed by atoms with van der Waals surface area (Å²) in [6, 6.07) is 6.21. The molecule has 0 amide bonds. The lowest BCUT2D eigenvalue weighted by molar-refractivity contribution is 0.146. The van der Waals surface area contributed by atoms with Gasteiger partial charge < -0.3 is 16.2 Å². The maximum Gasteiger partial charge on any atom is 0.0474 e. The second kappa shape index (κ2) is 7.76. The van der Waals surface area contributed by atoms with Gasteiger partial charge in [0.05, 0.1) is 0 Å². The molecule has 1 aromatic carbocycles. The summed E-state index contributed by atoms with van der Waals surface area (Å²) in [4.78, 5) is 0. The molecule has 0 heterocycles. The molecule has 0 spiro atoms. The van der Waals surface area contributed by atoms with E-state index in [1.165, 1.54) is 12.8 Å². The zero-order valence-electron chi connectivity index (χ0n) is 11.5. The summed E-state index contributed by atoms with van der Waals surface area (Å²) in [5.41, 5.74) is 7.06. The van der Waals surface area contributed by atoms with E-state index in [4.69, 9.17) is 17.3 Å². The van der Waals surface area contributed by atoms with Gasteiger partial charge in [-0.2, -0.15) is 0 Å². The second-order valence-corrected chi connectivity index (χ2v) is 6.75. The quantitative estimate of drug-likeness (QED) is 0.754. The van der Waals surface area contributed by atoms with Gasteiger partial charge in [-0.25, -0.2) is 0 Å². The summed E-state index contributed by atoms with van der Waals surface area (Å²) in [7, 11) is 0. The van der Waals surface area contributed by atoms with Crippen LogP contribution in [0, 0.1) is 5.92 Å². The SMILES string of the molecule is NCC(NC1CCCCC1CO)c1ccc(Cl)cc1Br. The Bertz CT molecular complexity index is 444. The van der Waals surface area contributed by atoms with Crippen LogP contribution in [-0.4, -0.2) is 24.3 Å². The number of halogens is 2. The molecule has 3 unspecified atom stereocenters. The first-order chi connectivity index (χ1) is 9.65. The summed E-state index contributed by atoms with van der Waals surface area (Å²) < 4.78 is 0.976. The Morgan fingerprint density at radius 2 is 2.15 bits per heavy atom. The monoisotopic (exact) mass is 360 g/mol. The van der Waals surface area contributed by atoms with Crippen LogP contribution in [0.3, 0.4) is 0 Å². The van der Waals surface area contributed by atoms with E-state index in [2.05, 4.69) is 21.2 Å². The minimum atomic E-state index is 0.0822. The van der Waals surface area contributed by atoms with Crippen molar-refractivity contribution in [3.05, 3.63) is 33.3 Å². The minimum absolute atomic E-state index is 0.0822. The summed E-state index contributed by atoms with van der Waals surface area (Å²) in [6.45, 7) is 0.769. The Morgan fingerprint density at radius 3 is 2.80 bits per heavy atom. The van der Waals surface area contributed by atoms with Crippen LogP contribution in [0.15, 0.2) is 22.7 Å². The Kier molecular flexibility index (Phi) is 6.30. The largest absolute Gasteiger partial charge is 0.396 e. The van der Waals surface area contributed by atoms with Gasteiger partial charge >= 0.3 is 0 Å². The van der Waals surface area contributed by atoms with Crippen molar-refractivity contribution in [3.8, 4) is 0 Å². The van der Waals surface area contributed by atoms with Crippen molar-refractivity contribution in [3.63, 3.8) is 0 Å². The number of benzene rings is 1. The number of nitrogens with two attached hydrogens (primary N) is 1. The van der Waals surface area contributed by atoms with Gasteiger partial charge in [-0.1, -0.05) is 46.4 Å². The molecule has 1 fully saturated rings. The van der Waals surface area contributed by atoms with Crippen LogP contribution in [0.5, 0.6) is 0 Å². The Balaban J connectivity index is 2.11. The van der Waals surface area contributed by atoms with Gasteiger partial charge in [0.25, 0.3) is 0 Å². The van der Waals surface area contributed by atoms with E-state index in [9.17, 15) is 5.11 Å². The molecule has 1 aliphatic rings. The van der Waals surface area contributed by atoms with Gasteiger partial charge in [0, 0.05) is 34.7 Å². The fourth-order valence-electron chi connectivity index (χ4n) is 2.97. The average molecular weight is 362 g/mol. The van der Waals surface area contributed by atoms with E-state index >= 15 is 0 Å². The van der Waals surface area contributed by atoms with E-state index in [0.717, 1.165) is 22.9 Å². The normalized spacial score (nSPS) is 24.6. The van der Waals surface area contributed by atoms with Crippen LogP contribution in [0.4, 0.5) is 0 Å². The molecule has 1 saturated carbocycles. The standard InChI is InChI=1S/C15H22BrClN2O/c16-13-7-11(17)5-6-12(13)15(8-18)19-14-4-2-1-3-10(14)9-20/h5-7,10,14-15,19-20H,1-4,8-9,18H2. The van der Waals surface area contributed by atoms with Crippen LogP contribution < -0.4 is 11.1 Å². The Morgan fingerprint density at radius 1 is 1.40 bits per heavy atom.